The van der Waals surface area contributed by atoms with Gasteiger partial charge < -0.3 is 14.6 Å². The van der Waals surface area contributed by atoms with Crippen molar-refractivity contribution in [2.24, 2.45) is 5.92 Å². The lowest BCUT2D eigenvalue weighted by atomic mass is 10.1. The van der Waals surface area contributed by atoms with Crippen molar-refractivity contribution in [3.63, 3.8) is 0 Å². The van der Waals surface area contributed by atoms with Crippen molar-refractivity contribution in [1.82, 2.24) is 20.4 Å². The Labute approximate surface area is 102 Å². The third kappa shape index (κ3) is 2.84. The average molecular weight is 236 g/mol. The molecule has 0 bridgehead atoms. The normalized spacial score (nSPS) is 25.6. The summed E-state index contributed by atoms with van der Waals surface area (Å²) in [7, 11) is 0. The van der Waals surface area contributed by atoms with Crippen LogP contribution in [0.2, 0.25) is 0 Å². The molecule has 3 rings (SSSR count). The first-order chi connectivity index (χ1) is 8.31. The Bertz CT molecular complexity index is 374. The standard InChI is InChI=1S/C12H20N4O/c1-9-14-15-12(17-9)7-13-6-10-4-5-16(8-10)11-2-3-11/h10-11,13H,2-8H2,1H3. The molecule has 2 fully saturated rings. The monoisotopic (exact) mass is 236 g/mol. The molecular formula is C12H20N4O. The van der Waals surface area contributed by atoms with E-state index in [1.165, 1.54) is 32.4 Å². The molecule has 1 aromatic heterocycles. The molecule has 0 spiro atoms. The summed E-state index contributed by atoms with van der Waals surface area (Å²) in [5.41, 5.74) is 0. The van der Waals surface area contributed by atoms with Gasteiger partial charge in [-0.1, -0.05) is 0 Å². The van der Waals surface area contributed by atoms with Crippen molar-refractivity contribution >= 4 is 0 Å². The quantitative estimate of drug-likeness (QED) is 0.825. The second-order valence-electron chi connectivity index (χ2n) is 5.23. The Morgan fingerprint density at radius 1 is 1.35 bits per heavy atom. The maximum Gasteiger partial charge on any atom is 0.230 e. The molecule has 1 atom stereocenters. The predicted octanol–water partition coefficient (Wildman–Crippen LogP) is 0.952. The zero-order chi connectivity index (χ0) is 11.7. The summed E-state index contributed by atoms with van der Waals surface area (Å²) < 4.78 is 5.32. The first-order valence-corrected chi connectivity index (χ1v) is 6.55. The van der Waals surface area contributed by atoms with Gasteiger partial charge in [0.15, 0.2) is 0 Å². The van der Waals surface area contributed by atoms with E-state index < -0.39 is 0 Å². The summed E-state index contributed by atoms with van der Waals surface area (Å²) in [6, 6.07) is 0.915. The lowest BCUT2D eigenvalue weighted by molar-refractivity contribution is 0.310. The van der Waals surface area contributed by atoms with Gasteiger partial charge >= 0.3 is 0 Å². The summed E-state index contributed by atoms with van der Waals surface area (Å²) in [6.07, 6.45) is 4.16. The van der Waals surface area contributed by atoms with Gasteiger partial charge in [-0.2, -0.15) is 0 Å². The van der Waals surface area contributed by atoms with E-state index in [1.807, 2.05) is 6.92 Å². The third-order valence-corrected chi connectivity index (χ3v) is 3.66. The number of aromatic nitrogens is 2. The molecule has 0 amide bonds. The summed E-state index contributed by atoms with van der Waals surface area (Å²) in [5.74, 6) is 2.13. The minimum absolute atomic E-state index is 0.641. The molecule has 5 heteroatoms. The summed E-state index contributed by atoms with van der Waals surface area (Å²) in [5, 5.41) is 11.2. The molecule has 2 heterocycles. The Hall–Kier alpha value is -0.940. The van der Waals surface area contributed by atoms with Crippen LogP contribution in [0.3, 0.4) is 0 Å². The lowest BCUT2D eigenvalue weighted by Gasteiger charge is -2.14. The van der Waals surface area contributed by atoms with E-state index in [9.17, 15) is 0 Å². The minimum atomic E-state index is 0.641. The van der Waals surface area contributed by atoms with E-state index in [1.54, 1.807) is 0 Å². The fourth-order valence-corrected chi connectivity index (χ4v) is 2.59. The number of aryl methyl sites for hydroxylation is 1. The summed E-state index contributed by atoms with van der Waals surface area (Å²) >= 11 is 0. The smallest absolute Gasteiger partial charge is 0.230 e. The van der Waals surface area contributed by atoms with E-state index in [4.69, 9.17) is 4.42 Å². The highest BCUT2D eigenvalue weighted by atomic mass is 16.4. The van der Waals surface area contributed by atoms with Crippen LogP contribution < -0.4 is 5.32 Å². The minimum Gasteiger partial charge on any atom is -0.424 e. The fraction of sp³-hybridized carbons (Fsp3) is 0.833. The second kappa shape index (κ2) is 4.74. The highest BCUT2D eigenvalue weighted by Crippen LogP contribution is 2.31. The van der Waals surface area contributed by atoms with Gasteiger partial charge in [0.2, 0.25) is 11.8 Å². The van der Waals surface area contributed by atoms with Crippen molar-refractivity contribution in [1.29, 1.82) is 0 Å². The van der Waals surface area contributed by atoms with Gasteiger partial charge in [0.05, 0.1) is 6.54 Å². The zero-order valence-corrected chi connectivity index (χ0v) is 10.4. The summed E-state index contributed by atoms with van der Waals surface area (Å²) in [4.78, 5) is 2.64. The molecule has 94 valence electrons. The molecule has 0 radical (unpaired) electrons. The molecular weight excluding hydrogens is 216 g/mol. The Balaban J connectivity index is 1.37. The Morgan fingerprint density at radius 3 is 2.94 bits per heavy atom. The highest BCUT2D eigenvalue weighted by Gasteiger charge is 2.33. The van der Waals surface area contributed by atoms with Crippen LogP contribution in [0.15, 0.2) is 4.42 Å². The van der Waals surface area contributed by atoms with Crippen LogP contribution in [-0.2, 0) is 6.54 Å². The fourth-order valence-electron chi connectivity index (χ4n) is 2.59. The second-order valence-corrected chi connectivity index (χ2v) is 5.23. The molecule has 1 N–H and O–H groups in total. The van der Waals surface area contributed by atoms with E-state index in [0.717, 1.165) is 18.5 Å². The number of nitrogens with one attached hydrogen (secondary N) is 1. The topological polar surface area (TPSA) is 54.2 Å². The molecule has 1 saturated heterocycles. The van der Waals surface area contributed by atoms with Gasteiger partial charge in [0.25, 0.3) is 0 Å². The van der Waals surface area contributed by atoms with E-state index in [2.05, 4.69) is 20.4 Å². The number of nitrogens with zero attached hydrogens (tertiary/aromatic N) is 3. The molecule has 2 aliphatic rings. The zero-order valence-electron chi connectivity index (χ0n) is 10.4. The average Bonchev–Trinajstić information content (AvgIpc) is 2.93. The number of hydrogen-bond acceptors (Lipinski definition) is 5. The molecule has 1 saturated carbocycles. The van der Waals surface area contributed by atoms with Crippen LogP contribution in [0.25, 0.3) is 0 Å². The van der Waals surface area contributed by atoms with Gasteiger partial charge in [0.1, 0.15) is 0 Å². The molecule has 17 heavy (non-hydrogen) atoms. The van der Waals surface area contributed by atoms with E-state index in [0.29, 0.717) is 18.3 Å². The van der Waals surface area contributed by atoms with Gasteiger partial charge in [-0.05, 0) is 38.3 Å². The predicted molar refractivity (Wildman–Crippen MR) is 63.4 cm³/mol. The van der Waals surface area contributed by atoms with Gasteiger partial charge in [-0.3, -0.25) is 0 Å². The van der Waals surface area contributed by atoms with Crippen LogP contribution in [0.4, 0.5) is 0 Å². The van der Waals surface area contributed by atoms with Crippen molar-refractivity contribution in [2.75, 3.05) is 19.6 Å². The first-order valence-electron chi connectivity index (χ1n) is 6.55. The molecule has 5 nitrogen and oxygen atoms in total. The first kappa shape index (κ1) is 11.2. The lowest BCUT2D eigenvalue weighted by Crippen LogP contribution is -2.27. The SMILES string of the molecule is Cc1nnc(CNCC2CCN(C3CC3)C2)o1. The van der Waals surface area contributed by atoms with Crippen molar-refractivity contribution in [2.45, 2.75) is 38.8 Å². The number of rotatable bonds is 5. The van der Waals surface area contributed by atoms with E-state index >= 15 is 0 Å². The van der Waals surface area contributed by atoms with Crippen LogP contribution in [0.1, 0.15) is 31.0 Å². The van der Waals surface area contributed by atoms with Gasteiger partial charge in [-0.15, -0.1) is 10.2 Å². The number of likely N-dealkylation sites (tertiary alicyclic amines) is 1. The van der Waals surface area contributed by atoms with Gasteiger partial charge in [0, 0.05) is 19.5 Å². The van der Waals surface area contributed by atoms with Crippen LogP contribution in [-0.4, -0.2) is 40.8 Å². The van der Waals surface area contributed by atoms with Crippen LogP contribution in [0.5, 0.6) is 0 Å². The van der Waals surface area contributed by atoms with Crippen molar-refractivity contribution in [3.8, 4) is 0 Å². The van der Waals surface area contributed by atoms with E-state index in [-0.39, 0.29) is 0 Å². The third-order valence-electron chi connectivity index (χ3n) is 3.66. The maximum absolute atomic E-state index is 5.32. The number of hydrogen-bond donors (Lipinski definition) is 1. The van der Waals surface area contributed by atoms with Crippen LogP contribution in [0, 0.1) is 12.8 Å². The maximum atomic E-state index is 5.32. The van der Waals surface area contributed by atoms with Crippen molar-refractivity contribution in [3.05, 3.63) is 11.8 Å². The van der Waals surface area contributed by atoms with Crippen LogP contribution >= 0.6 is 0 Å². The van der Waals surface area contributed by atoms with Crippen molar-refractivity contribution < 1.29 is 4.42 Å². The molecule has 1 aliphatic carbocycles. The Kier molecular flexibility index (Phi) is 3.11. The molecule has 0 aromatic carbocycles. The van der Waals surface area contributed by atoms with Gasteiger partial charge in [-0.25, -0.2) is 0 Å². The molecule has 1 unspecified atom stereocenters. The highest BCUT2D eigenvalue weighted by molar-refractivity contribution is 4.90. The Morgan fingerprint density at radius 2 is 2.24 bits per heavy atom. The molecule has 1 aromatic rings. The molecule has 1 aliphatic heterocycles. The summed E-state index contributed by atoms with van der Waals surface area (Å²) in [6.45, 7) is 6.13. The largest absolute Gasteiger partial charge is 0.424 e.